The van der Waals surface area contributed by atoms with Gasteiger partial charge in [0.25, 0.3) is 0 Å². The first kappa shape index (κ1) is 7.71. The molecule has 1 atom stereocenters. The Labute approximate surface area is 62.7 Å². The van der Waals surface area contributed by atoms with Crippen molar-refractivity contribution in [3.05, 3.63) is 0 Å². The summed E-state index contributed by atoms with van der Waals surface area (Å²) in [6, 6.07) is -0.632. The maximum Gasteiger partial charge on any atom is 0.415 e. The molecule has 1 heterocycles. The summed E-state index contributed by atoms with van der Waals surface area (Å²) in [6.45, 7) is 0. The molecule has 1 aliphatic heterocycles. The SMILES string of the molecule is O=CCC[C@H]1NC(=O)OC1=O. The van der Waals surface area contributed by atoms with Crippen LogP contribution in [0.5, 0.6) is 0 Å². The fourth-order valence-electron chi connectivity index (χ4n) is 0.818. The van der Waals surface area contributed by atoms with Crippen LogP contribution in [0.1, 0.15) is 12.8 Å². The van der Waals surface area contributed by atoms with Gasteiger partial charge in [0.2, 0.25) is 0 Å². The molecule has 5 heteroatoms. The predicted octanol–water partition coefficient (Wildman–Crippen LogP) is -0.399. The lowest BCUT2D eigenvalue weighted by Gasteiger charge is -1.99. The Bertz CT molecular complexity index is 201. The van der Waals surface area contributed by atoms with Crippen molar-refractivity contribution < 1.29 is 19.1 Å². The lowest BCUT2D eigenvalue weighted by Crippen LogP contribution is -2.28. The van der Waals surface area contributed by atoms with Gasteiger partial charge < -0.3 is 14.8 Å². The monoisotopic (exact) mass is 157 g/mol. The van der Waals surface area contributed by atoms with Gasteiger partial charge in [0.05, 0.1) is 0 Å². The van der Waals surface area contributed by atoms with E-state index in [0.29, 0.717) is 12.7 Å². The van der Waals surface area contributed by atoms with Gasteiger partial charge in [-0.1, -0.05) is 0 Å². The zero-order valence-electron chi connectivity index (χ0n) is 5.70. The Morgan fingerprint density at radius 3 is 2.73 bits per heavy atom. The quantitative estimate of drug-likeness (QED) is 0.343. The minimum Gasteiger partial charge on any atom is -0.375 e. The van der Waals surface area contributed by atoms with Crippen molar-refractivity contribution >= 4 is 18.3 Å². The summed E-state index contributed by atoms with van der Waals surface area (Å²) in [4.78, 5) is 30.9. The molecular weight excluding hydrogens is 150 g/mol. The molecule has 0 bridgehead atoms. The summed E-state index contributed by atoms with van der Waals surface area (Å²) in [5.74, 6) is -0.600. The van der Waals surface area contributed by atoms with E-state index in [2.05, 4.69) is 10.1 Å². The Kier molecular flexibility index (Phi) is 2.20. The van der Waals surface area contributed by atoms with E-state index < -0.39 is 18.1 Å². The van der Waals surface area contributed by atoms with E-state index in [9.17, 15) is 14.4 Å². The van der Waals surface area contributed by atoms with Gasteiger partial charge >= 0.3 is 12.1 Å². The molecule has 1 N–H and O–H groups in total. The van der Waals surface area contributed by atoms with Gasteiger partial charge in [0.1, 0.15) is 12.3 Å². The number of carbonyl (C=O) groups excluding carboxylic acids is 3. The molecule has 0 aliphatic carbocycles. The average Bonchev–Trinajstić information content (AvgIpc) is 2.26. The van der Waals surface area contributed by atoms with Crippen molar-refractivity contribution in [2.24, 2.45) is 0 Å². The summed E-state index contributed by atoms with van der Waals surface area (Å²) in [6.07, 6.45) is 0.525. The first-order chi connectivity index (χ1) is 5.24. The zero-order valence-corrected chi connectivity index (χ0v) is 5.70. The second-order valence-electron chi connectivity index (χ2n) is 2.15. The number of esters is 1. The second kappa shape index (κ2) is 3.14. The largest absolute Gasteiger partial charge is 0.415 e. The van der Waals surface area contributed by atoms with Crippen LogP contribution in [-0.4, -0.2) is 24.4 Å². The lowest BCUT2D eigenvalue weighted by atomic mass is 10.2. The van der Waals surface area contributed by atoms with Crippen LogP contribution in [0.15, 0.2) is 0 Å². The first-order valence-electron chi connectivity index (χ1n) is 3.20. The summed E-state index contributed by atoms with van der Waals surface area (Å²) < 4.78 is 4.17. The van der Waals surface area contributed by atoms with E-state index in [0.717, 1.165) is 0 Å². The van der Waals surface area contributed by atoms with E-state index in [4.69, 9.17) is 0 Å². The fraction of sp³-hybridized carbons (Fsp3) is 0.500. The van der Waals surface area contributed by atoms with Crippen LogP contribution in [0, 0.1) is 0 Å². The summed E-state index contributed by atoms with van der Waals surface area (Å²) >= 11 is 0. The van der Waals surface area contributed by atoms with Crippen molar-refractivity contribution in [3.8, 4) is 0 Å². The number of nitrogens with one attached hydrogen (secondary N) is 1. The molecule has 0 aromatic rings. The zero-order chi connectivity index (χ0) is 8.27. The van der Waals surface area contributed by atoms with Crippen LogP contribution in [0.2, 0.25) is 0 Å². The molecule has 1 rings (SSSR count). The van der Waals surface area contributed by atoms with Crippen LogP contribution >= 0.6 is 0 Å². The molecule has 0 saturated carbocycles. The molecule has 60 valence electrons. The summed E-state index contributed by atoms with van der Waals surface area (Å²) in [5.41, 5.74) is 0. The molecule has 0 aromatic heterocycles. The number of hydrogen-bond acceptors (Lipinski definition) is 4. The van der Waals surface area contributed by atoms with Gasteiger partial charge in [-0.2, -0.15) is 0 Å². The number of carbonyl (C=O) groups is 3. The topological polar surface area (TPSA) is 72.5 Å². The van der Waals surface area contributed by atoms with Crippen molar-refractivity contribution in [2.45, 2.75) is 18.9 Å². The number of aldehydes is 1. The second-order valence-corrected chi connectivity index (χ2v) is 2.15. The Morgan fingerprint density at radius 1 is 1.55 bits per heavy atom. The third kappa shape index (κ3) is 1.76. The highest BCUT2D eigenvalue weighted by atomic mass is 16.6. The normalized spacial score (nSPS) is 22.7. The average molecular weight is 157 g/mol. The highest BCUT2D eigenvalue weighted by Gasteiger charge is 2.31. The number of hydrogen-bond donors (Lipinski definition) is 1. The number of ether oxygens (including phenoxy) is 1. The minimum atomic E-state index is -0.731. The molecule has 1 aliphatic rings. The molecule has 0 aromatic carbocycles. The minimum absolute atomic E-state index is 0.250. The molecule has 0 spiro atoms. The summed E-state index contributed by atoms with van der Waals surface area (Å²) in [5, 5.41) is 2.27. The van der Waals surface area contributed by atoms with E-state index in [-0.39, 0.29) is 6.42 Å². The first-order valence-corrected chi connectivity index (χ1v) is 3.20. The maximum atomic E-state index is 10.7. The van der Waals surface area contributed by atoms with Crippen LogP contribution < -0.4 is 5.32 Å². The molecule has 1 fully saturated rings. The van der Waals surface area contributed by atoms with E-state index in [1.807, 2.05) is 0 Å². The molecule has 11 heavy (non-hydrogen) atoms. The van der Waals surface area contributed by atoms with Gasteiger partial charge in [-0.3, -0.25) is 0 Å². The third-order valence-corrected chi connectivity index (χ3v) is 1.34. The molecular formula is C6H7NO4. The Balaban J connectivity index is 2.40. The van der Waals surface area contributed by atoms with Crippen LogP contribution in [0.3, 0.4) is 0 Å². The van der Waals surface area contributed by atoms with Crippen molar-refractivity contribution in [3.63, 3.8) is 0 Å². The number of cyclic esters (lactones) is 2. The fourth-order valence-corrected chi connectivity index (χ4v) is 0.818. The maximum absolute atomic E-state index is 10.7. The van der Waals surface area contributed by atoms with Gasteiger partial charge in [0, 0.05) is 6.42 Å². The Hall–Kier alpha value is -1.39. The smallest absolute Gasteiger partial charge is 0.375 e. The van der Waals surface area contributed by atoms with Crippen LogP contribution in [0.4, 0.5) is 4.79 Å². The summed E-state index contributed by atoms with van der Waals surface area (Å²) in [7, 11) is 0. The lowest BCUT2D eigenvalue weighted by molar-refractivity contribution is -0.135. The van der Waals surface area contributed by atoms with Crippen LogP contribution in [-0.2, 0) is 14.3 Å². The molecule has 1 amide bonds. The van der Waals surface area contributed by atoms with Crippen molar-refractivity contribution in [1.29, 1.82) is 0 Å². The predicted molar refractivity (Wildman–Crippen MR) is 33.7 cm³/mol. The molecule has 5 nitrogen and oxygen atoms in total. The highest BCUT2D eigenvalue weighted by molar-refractivity contribution is 5.95. The van der Waals surface area contributed by atoms with Crippen LogP contribution in [0.25, 0.3) is 0 Å². The number of alkyl carbamates (subject to hydrolysis) is 1. The standard InChI is InChI=1S/C6H7NO4/c8-3-1-2-4-5(9)11-6(10)7-4/h3-4H,1-2H2,(H,7,10)/t4-/m1/s1. The highest BCUT2D eigenvalue weighted by Crippen LogP contribution is 2.05. The van der Waals surface area contributed by atoms with Gasteiger partial charge in [-0.05, 0) is 6.42 Å². The Morgan fingerprint density at radius 2 is 2.27 bits per heavy atom. The number of amides is 1. The molecule has 1 saturated heterocycles. The van der Waals surface area contributed by atoms with E-state index in [1.165, 1.54) is 0 Å². The third-order valence-electron chi connectivity index (χ3n) is 1.34. The van der Waals surface area contributed by atoms with Gasteiger partial charge in [0.15, 0.2) is 0 Å². The van der Waals surface area contributed by atoms with Gasteiger partial charge in [-0.25, -0.2) is 9.59 Å². The molecule has 0 unspecified atom stereocenters. The van der Waals surface area contributed by atoms with Gasteiger partial charge in [-0.15, -0.1) is 0 Å². The number of rotatable bonds is 3. The van der Waals surface area contributed by atoms with Crippen molar-refractivity contribution in [2.75, 3.05) is 0 Å². The van der Waals surface area contributed by atoms with E-state index >= 15 is 0 Å². The van der Waals surface area contributed by atoms with E-state index in [1.54, 1.807) is 0 Å². The van der Waals surface area contributed by atoms with Crippen molar-refractivity contribution in [1.82, 2.24) is 5.32 Å². The molecule has 0 radical (unpaired) electrons.